The van der Waals surface area contributed by atoms with Crippen molar-refractivity contribution in [1.29, 1.82) is 0 Å². The van der Waals surface area contributed by atoms with Crippen molar-refractivity contribution in [2.24, 2.45) is 0 Å². The van der Waals surface area contributed by atoms with E-state index in [0.29, 0.717) is 26.2 Å². The zero-order valence-corrected chi connectivity index (χ0v) is 15.4. The third-order valence-electron chi connectivity index (χ3n) is 4.83. The number of nitrogens with one attached hydrogen (secondary N) is 2. The van der Waals surface area contributed by atoms with Crippen molar-refractivity contribution in [3.8, 4) is 0 Å². The molecule has 2 amide bonds. The van der Waals surface area contributed by atoms with Gasteiger partial charge in [0, 0.05) is 49.0 Å². The van der Waals surface area contributed by atoms with Gasteiger partial charge in [0.25, 0.3) is 11.8 Å². The SMILES string of the molecule is Cc1cc(C(=O)N2CCCN(C(=O)c3cc(C)[nH]c3C)CC2)c(C)[nH]1. The van der Waals surface area contributed by atoms with E-state index >= 15 is 0 Å². The average molecular weight is 342 g/mol. The lowest BCUT2D eigenvalue weighted by Crippen LogP contribution is -2.37. The van der Waals surface area contributed by atoms with E-state index in [4.69, 9.17) is 0 Å². The lowest BCUT2D eigenvalue weighted by atomic mass is 10.2. The minimum atomic E-state index is 0.0461. The topological polar surface area (TPSA) is 72.2 Å². The van der Waals surface area contributed by atoms with Crippen LogP contribution < -0.4 is 0 Å². The molecule has 2 N–H and O–H groups in total. The van der Waals surface area contributed by atoms with Crippen LogP contribution in [0.4, 0.5) is 0 Å². The molecule has 0 spiro atoms. The maximum absolute atomic E-state index is 12.8. The minimum Gasteiger partial charge on any atom is -0.362 e. The molecule has 6 heteroatoms. The molecule has 0 aromatic carbocycles. The highest BCUT2D eigenvalue weighted by Crippen LogP contribution is 2.17. The van der Waals surface area contributed by atoms with Crippen molar-refractivity contribution < 1.29 is 9.59 Å². The summed E-state index contributed by atoms with van der Waals surface area (Å²) < 4.78 is 0. The fourth-order valence-corrected chi connectivity index (χ4v) is 3.56. The van der Waals surface area contributed by atoms with E-state index in [1.165, 1.54) is 0 Å². The third kappa shape index (κ3) is 3.48. The molecule has 134 valence electrons. The molecule has 1 aliphatic heterocycles. The Morgan fingerprint density at radius 1 is 0.760 bits per heavy atom. The van der Waals surface area contributed by atoms with Gasteiger partial charge in [0.15, 0.2) is 0 Å². The van der Waals surface area contributed by atoms with Crippen LogP contribution in [0.1, 0.15) is 49.9 Å². The van der Waals surface area contributed by atoms with E-state index in [1.807, 2.05) is 49.6 Å². The van der Waals surface area contributed by atoms with Crippen LogP contribution in [-0.2, 0) is 0 Å². The summed E-state index contributed by atoms with van der Waals surface area (Å²) in [7, 11) is 0. The quantitative estimate of drug-likeness (QED) is 0.880. The molecular weight excluding hydrogens is 316 g/mol. The fraction of sp³-hybridized carbons (Fsp3) is 0.474. The first-order valence-electron chi connectivity index (χ1n) is 8.78. The lowest BCUT2D eigenvalue weighted by Gasteiger charge is -2.22. The average Bonchev–Trinajstić information content (AvgIpc) is 2.95. The number of nitrogens with zero attached hydrogens (tertiary/aromatic N) is 2. The number of aromatic nitrogens is 2. The fourth-order valence-electron chi connectivity index (χ4n) is 3.56. The number of rotatable bonds is 2. The Labute approximate surface area is 148 Å². The molecule has 0 atom stereocenters. The molecule has 0 radical (unpaired) electrons. The van der Waals surface area contributed by atoms with Crippen LogP contribution in [0, 0.1) is 27.7 Å². The molecular formula is C19H26N4O2. The van der Waals surface area contributed by atoms with Crippen LogP contribution in [-0.4, -0.2) is 57.8 Å². The predicted molar refractivity (Wildman–Crippen MR) is 97.0 cm³/mol. The molecule has 3 rings (SSSR count). The van der Waals surface area contributed by atoms with E-state index in [1.54, 1.807) is 0 Å². The Bertz CT molecular complexity index is 736. The molecule has 0 unspecified atom stereocenters. The minimum absolute atomic E-state index is 0.0461. The van der Waals surface area contributed by atoms with E-state index < -0.39 is 0 Å². The molecule has 1 aliphatic rings. The van der Waals surface area contributed by atoms with Gasteiger partial charge < -0.3 is 19.8 Å². The first kappa shape index (κ1) is 17.3. The van der Waals surface area contributed by atoms with Crippen molar-refractivity contribution in [2.75, 3.05) is 26.2 Å². The largest absolute Gasteiger partial charge is 0.362 e. The highest BCUT2D eigenvalue weighted by atomic mass is 16.2. The van der Waals surface area contributed by atoms with Crippen molar-refractivity contribution in [1.82, 2.24) is 19.8 Å². The zero-order chi connectivity index (χ0) is 18.1. The van der Waals surface area contributed by atoms with Gasteiger partial charge in [-0.05, 0) is 46.2 Å². The Balaban J connectivity index is 1.70. The number of hydrogen-bond donors (Lipinski definition) is 2. The van der Waals surface area contributed by atoms with Crippen LogP contribution >= 0.6 is 0 Å². The van der Waals surface area contributed by atoms with Crippen LogP contribution in [0.3, 0.4) is 0 Å². The van der Waals surface area contributed by atoms with Crippen molar-refractivity contribution in [2.45, 2.75) is 34.1 Å². The smallest absolute Gasteiger partial charge is 0.255 e. The van der Waals surface area contributed by atoms with E-state index in [9.17, 15) is 9.59 Å². The van der Waals surface area contributed by atoms with Gasteiger partial charge in [0.05, 0.1) is 11.1 Å². The number of H-pyrrole nitrogens is 2. The molecule has 1 saturated heterocycles. The van der Waals surface area contributed by atoms with Gasteiger partial charge in [-0.2, -0.15) is 0 Å². The molecule has 0 bridgehead atoms. The second-order valence-electron chi connectivity index (χ2n) is 6.92. The maximum atomic E-state index is 12.8. The van der Waals surface area contributed by atoms with Crippen LogP contribution in [0.5, 0.6) is 0 Å². The normalized spacial score (nSPS) is 15.4. The van der Waals surface area contributed by atoms with Crippen LogP contribution in [0.2, 0.25) is 0 Å². The number of amides is 2. The molecule has 1 fully saturated rings. The summed E-state index contributed by atoms with van der Waals surface area (Å²) in [5.41, 5.74) is 5.25. The highest BCUT2D eigenvalue weighted by Gasteiger charge is 2.25. The standard InChI is InChI=1S/C19H26N4O2/c1-12-10-16(14(3)20-12)18(24)22-6-5-7-23(9-8-22)19(25)17-11-13(2)21-15(17)4/h10-11,20-21H,5-9H2,1-4H3. The monoisotopic (exact) mass is 342 g/mol. The first-order valence-corrected chi connectivity index (χ1v) is 8.78. The van der Waals surface area contributed by atoms with Gasteiger partial charge in [0.1, 0.15) is 0 Å². The maximum Gasteiger partial charge on any atom is 0.255 e. The van der Waals surface area contributed by atoms with Crippen molar-refractivity contribution in [3.63, 3.8) is 0 Å². The van der Waals surface area contributed by atoms with Gasteiger partial charge in [-0.1, -0.05) is 0 Å². The number of carbonyl (C=O) groups is 2. The molecule has 25 heavy (non-hydrogen) atoms. The summed E-state index contributed by atoms with van der Waals surface area (Å²) in [6.45, 7) is 10.2. The van der Waals surface area contributed by atoms with Gasteiger partial charge >= 0.3 is 0 Å². The molecule has 0 saturated carbocycles. The Kier molecular flexibility index (Phi) is 4.70. The summed E-state index contributed by atoms with van der Waals surface area (Å²) >= 11 is 0. The lowest BCUT2D eigenvalue weighted by molar-refractivity contribution is 0.0718. The number of aromatic amines is 2. The predicted octanol–water partition coefficient (Wildman–Crippen LogP) is 2.56. The summed E-state index contributed by atoms with van der Waals surface area (Å²) in [5.74, 6) is 0.0923. The summed E-state index contributed by atoms with van der Waals surface area (Å²) in [5, 5.41) is 0. The summed E-state index contributed by atoms with van der Waals surface area (Å²) in [6.07, 6.45) is 0.794. The summed E-state index contributed by atoms with van der Waals surface area (Å²) in [6, 6.07) is 3.80. The zero-order valence-electron chi connectivity index (χ0n) is 15.4. The van der Waals surface area contributed by atoms with Crippen LogP contribution in [0.15, 0.2) is 12.1 Å². The molecule has 3 heterocycles. The van der Waals surface area contributed by atoms with Crippen LogP contribution in [0.25, 0.3) is 0 Å². The molecule has 2 aromatic heterocycles. The number of carbonyl (C=O) groups excluding carboxylic acids is 2. The third-order valence-corrected chi connectivity index (χ3v) is 4.83. The second kappa shape index (κ2) is 6.78. The van der Waals surface area contributed by atoms with Gasteiger partial charge in [-0.15, -0.1) is 0 Å². The van der Waals surface area contributed by atoms with Gasteiger partial charge in [-0.25, -0.2) is 0 Å². The van der Waals surface area contributed by atoms with Gasteiger partial charge in [-0.3, -0.25) is 9.59 Å². The second-order valence-corrected chi connectivity index (χ2v) is 6.92. The molecule has 0 aliphatic carbocycles. The van der Waals surface area contributed by atoms with E-state index in [-0.39, 0.29) is 11.8 Å². The number of aryl methyl sites for hydroxylation is 4. The Hall–Kier alpha value is -2.50. The van der Waals surface area contributed by atoms with E-state index in [0.717, 1.165) is 40.3 Å². The van der Waals surface area contributed by atoms with Gasteiger partial charge in [0.2, 0.25) is 0 Å². The Morgan fingerprint density at radius 3 is 1.48 bits per heavy atom. The Morgan fingerprint density at radius 2 is 1.16 bits per heavy atom. The molecule has 6 nitrogen and oxygen atoms in total. The highest BCUT2D eigenvalue weighted by molar-refractivity contribution is 5.97. The van der Waals surface area contributed by atoms with E-state index in [2.05, 4.69) is 9.97 Å². The van der Waals surface area contributed by atoms with Crippen molar-refractivity contribution in [3.05, 3.63) is 46.0 Å². The molecule has 2 aromatic rings. The van der Waals surface area contributed by atoms with Crippen molar-refractivity contribution >= 4 is 11.8 Å². The first-order chi connectivity index (χ1) is 11.9. The summed E-state index contributed by atoms with van der Waals surface area (Å²) in [4.78, 5) is 35.7. The number of hydrogen-bond acceptors (Lipinski definition) is 2.